The Bertz CT molecular complexity index is 1050. The van der Waals surface area contributed by atoms with E-state index in [4.69, 9.17) is 9.15 Å². The van der Waals surface area contributed by atoms with Crippen molar-refractivity contribution >= 4 is 34.7 Å². The van der Waals surface area contributed by atoms with E-state index in [2.05, 4.69) is 20.4 Å². The first-order valence-corrected chi connectivity index (χ1v) is 10.5. The molecule has 0 saturated carbocycles. The number of carbonyl (C=O) groups excluding carboxylic acids is 1. The van der Waals surface area contributed by atoms with Crippen LogP contribution in [0.4, 0.5) is 17.1 Å². The molecule has 0 spiro atoms. The summed E-state index contributed by atoms with van der Waals surface area (Å²) in [6.07, 6.45) is 0. The van der Waals surface area contributed by atoms with Crippen LogP contribution in [-0.2, 0) is 9.53 Å². The van der Waals surface area contributed by atoms with Crippen molar-refractivity contribution in [2.45, 2.75) is 5.22 Å². The number of non-ortho nitro benzene ring substituents is 1. The van der Waals surface area contributed by atoms with Crippen molar-refractivity contribution < 1.29 is 18.9 Å². The predicted octanol–water partition coefficient (Wildman–Crippen LogP) is 3.21. The minimum atomic E-state index is -0.479. The minimum Gasteiger partial charge on any atom is -0.411 e. The third-order valence-electron chi connectivity index (χ3n) is 4.59. The highest BCUT2D eigenvalue weighted by atomic mass is 32.2. The Hall–Kier alpha value is -3.44. The molecule has 11 heteroatoms. The molecule has 10 nitrogen and oxygen atoms in total. The van der Waals surface area contributed by atoms with Gasteiger partial charge in [0, 0.05) is 42.2 Å². The first-order chi connectivity index (χ1) is 15.1. The molecule has 1 saturated heterocycles. The minimum absolute atomic E-state index is 0.0208. The zero-order valence-corrected chi connectivity index (χ0v) is 17.2. The van der Waals surface area contributed by atoms with E-state index in [1.54, 1.807) is 0 Å². The van der Waals surface area contributed by atoms with Gasteiger partial charge in [0.15, 0.2) is 0 Å². The number of nitro benzene ring substituents is 1. The van der Waals surface area contributed by atoms with Gasteiger partial charge in [0.1, 0.15) is 0 Å². The van der Waals surface area contributed by atoms with E-state index in [1.807, 2.05) is 24.3 Å². The molecule has 3 aromatic rings. The molecule has 0 radical (unpaired) electrons. The summed E-state index contributed by atoms with van der Waals surface area (Å²) in [5.74, 6) is 0.142. The number of benzene rings is 2. The van der Waals surface area contributed by atoms with Gasteiger partial charge in [0.2, 0.25) is 11.8 Å². The quantitative estimate of drug-likeness (QED) is 0.334. The average Bonchev–Trinajstić information content (AvgIpc) is 3.28. The number of nitrogens with one attached hydrogen (secondary N) is 1. The molecule has 31 heavy (non-hydrogen) atoms. The van der Waals surface area contributed by atoms with E-state index in [-0.39, 0.29) is 28.5 Å². The molecule has 1 aliphatic rings. The van der Waals surface area contributed by atoms with Crippen LogP contribution in [0.25, 0.3) is 11.5 Å². The molecule has 1 aromatic heterocycles. The second-order valence-corrected chi connectivity index (χ2v) is 7.59. The molecule has 0 unspecified atom stereocenters. The standard InChI is InChI=1S/C20H19N5O5S/c26-18(21-15-3-7-16(8-4-15)24-9-11-29-12-10-24)13-31-20-23-22-19(30-20)14-1-5-17(6-2-14)25(27)28/h1-8H,9-13H2,(H,21,26). The van der Waals surface area contributed by atoms with E-state index >= 15 is 0 Å². The highest BCUT2D eigenvalue weighted by molar-refractivity contribution is 7.99. The fourth-order valence-corrected chi connectivity index (χ4v) is 3.58. The summed E-state index contributed by atoms with van der Waals surface area (Å²) in [6.45, 7) is 3.15. The van der Waals surface area contributed by atoms with Crippen LogP contribution in [-0.4, -0.2) is 53.1 Å². The highest BCUT2D eigenvalue weighted by Gasteiger charge is 2.14. The lowest BCUT2D eigenvalue weighted by molar-refractivity contribution is -0.384. The molecule has 2 aromatic carbocycles. The molecule has 0 atom stereocenters. The summed E-state index contributed by atoms with van der Waals surface area (Å²) in [6, 6.07) is 13.5. The Labute approximate surface area is 181 Å². The number of nitro groups is 1. The van der Waals surface area contributed by atoms with Crippen LogP contribution in [0.5, 0.6) is 0 Å². The molecule has 1 amide bonds. The van der Waals surface area contributed by atoms with Gasteiger partial charge in [-0.05, 0) is 36.4 Å². The Kier molecular flexibility index (Phi) is 6.43. The number of hydrogen-bond acceptors (Lipinski definition) is 9. The van der Waals surface area contributed by atoms with Gasteiger partial charge in [-0.2, -0.15) is 0 Å². The number of amides is 1. The third kappa shape index (κ3) is 5.38. The smallest absolute Gasteiger partial charge is 0.277 e. The Balaban J connectivity index is 1.28. The lowest BCUT2D eigenvalue weighted by atomic mass is 10.2. The van der Waals surface area contributed by atoms with Crippen LogP contribution in [0.2, 0.25) is 0 Å². The van der Waals surface area contributed by atoms with Gasteiger partial charge in [-0.3, -0.25) is 14.9 Å². The molecular weight excluding hydrogens is 422 g/mol. The second-order valence-electron chi connectivity index (χ2n) is 6.66. The van der Waals surface area contributed by atoms with Gasteiger partial charge < -0.3 is 19.4 Å². The van der Waals surface area contributed by atoms with Gasteiger partial charge >= 0.3 is 0 Å². The number of aromatic nitrogens is 2. The van der Waals surface area contributed by atoms with E-state index in [0.717, 1.165) is 43.8 Å². The number of hydrogen-bond donors (Lipinski definition) is 1. The van der Waals surface area contributed by atoms with Crippen LogP contribution in [0.15, 0.2) is 58.2 Å². The van der Waals surface area contributed by atoms with Gasteiger partial charge in [0.05, 0.1) is 23.9 Å². The fourth-order valence-electron chi connectivity index (χ4n) is 3.01. The largest absolute Gasteiger partial charge is 0.411 e. The molecule has 160 valence electrons. The maximum Gasteiger partial charge on any atom is 0.277 e. The second kappa shape index (κ2) is 9.58. The molecule has 0 bridgehead atoms. The summed E-state index contributed by atoms with van der Waals surface area (Å²) in [5, 5.41) is 21.6. The average molecular weight is 441 g/mol. The van der Waals surface area contributed by atoms with E-state index in [9.17, 15) is 14.9 Å². The zero-order valence-electron chi connectivity index (χ0n) is 16.4. The molecule has 1 fully saturated rings. The van der Waals surface area contributed by atoms with Crippen molar-refractivity contribution in [3.8, 4) is 11.5 Å². The van der Waals surface area contributed by atoms with Crippen molar-refractivity contribution in [3.63, 3.8) is 0 Å². The lowest BCUT2D eigenvalue weighted by Gasteiger charge is -2.28. The Morgan fingerprint density at radius 2 is 1.81 bits per heavy atom. The van der Waals surface area contributed by atoms with Gasteiger partial charge in [-0.1, -0.05) is 11.8 Å². The molecule has 0 aliphatic carbocycles. The van der Waals surface area contributed by atoms with Crippen molar-refractivity contribution in [1.82, 2.24) is 10.2 Å². The number of rotatable bonds is 7. The van der Waals surface area contributed by atoms with Crippen molar-refractivity contribution in [2.24, 2.45) is 0 Å². The predicted molar refractivity (Wildman–Crippen MR) is 115 cm³/mol. The van der Waals surface area contributed by atoms with Crippen LogP contribution in [0.1, 0.15) is 0 Å². The van der Waals surface area contributed by atoms with E-state index < -0.39 is 4.92 Å². The van der Waals surface area contributed by atoms with Crippen molar-refractivity contribution in [3.05, 3.63) is 58.6 Å². The van der Waals surface area contributed by atoms with Crippen LogP contribution >= 0.6 is 11.8 Å². The summed E-state index contributed by atoms with van der Waals surface area (Å²) >= 11 is 1.11. The normalized spacial score (nSPS) is 13.7. The summed E-state index contributed by atoms with van der Waals surface area (Å²) in [7, 11) is 0. The number of carbonyl (C=O) groups is 1. The lowest BCUT2D eigenvalue weighted by Crippen LogP contribution is -2.36. The Morgan fingerprint density at radius 3 is 2.48 bits per heavy atom. The summed E-state index contributed by atoms with van der Waals surface area (Å²) < 4.78 is 10.9. The van der Waals surface area contributed by atoms with E-state index in [0.29, 0.717) is 11.3 Å². The van der Waals surface area contributed by atoms with Crippen molar-refractivity contribution in [1.29, 1.82) is 0 Å². The number of thioether (sulfide) groups is 1. The topological polar surface area (TPSA) is 124 Å². The third-order valence-corrected chi connectivity index (χ3v) is 5.40. The summed E-state index contributed by atoms with van der Waals surface area (Å²) in [4.78, 5) is 24.7. The van der Waals surface area contributed by atoms with Gasteiger partial charge in [0.25, 0.3) is 10.9 Å². The van der Waals surface area contributed by atoms with Crippen LogP contribution in [0.3, 0.4) is 0 Å². The van der Waals surface area contributed by atoms with E-state index in [1.165, 1.54) is 24.3 Å². The molecule has 1 N–H and O–H groups in total. The van der Waals surface area contributed by atoms with Crippen molar-refractivity contribution in [2.75, 3.05) is 42.3 Å². The van der Waals surface area contributed by atoms with Gasteiger partial charge in [-0.25, -0.2) is 0 Å². The SMILES string of the molecule is O=C(CSc1nnc(-c2ccc([N+](=O)[O-])cc2)o1)Nc1ccc(N2CCOCC2)cc1. The highest BCUT2D eigenvalue weighted by Crippen LogP contribution is 2.25. The number of ether oxygens (including phenoxy) is 1. The Morgan fingerprint density at radius 1 is 1.10 bits per heavy atom. The molecule has 1 aliphatic heterocycles. The number of anilines is 2. The van der Waals surface area contributed by atoms with Crippen LogP contribution < -0.4 is 10.2 Å². The number of morpholine rings is 1. The zero-order chi connectivity index (χ0) is 21.6. The first-order valence-electron chi connectivity index (χ1n) is 9.52. The fraction of sp³-hybridized carbons (Fsp3) is 0.250. The van der Waals surface area contributed by atoms with Gasteiger partial charge in [-0.15, -0.1) is 10.2 Å². The molecule has 4 rings (SSSR count). The molecular formula is C20H19N5O5S. The maximum absolute atomic E-state index is 12.2. The first kappa shape index (κ1) is 20.8. The monoisotopic (exact) mass is 441 g/mol. The summed E-state index contributed by atoms with van der Waals surface area (Å²) in [5.41, 5.74) is 2.35. The number of nitrogens with zero attached hydrogens (tertiary/aromatic N) is 4. The maximum atomic E-state index is 12.2. The molecule has 2 heterocycles. The van der Waals surface area contributed by atoms with Crippen LogP contribution in [0, 0.1) is 10.1 Å².